The van der Waals surface area contributed by atoms with Crippen molar-refractivity contribution in [2.75, 3.05) is 5.32 Å². The van der Waals surface area contributed by atoms with Crippen LogP contribution in [-0.4, -0.2) is 32.3 Å². The Balaban J connectivity index is 1.30. The molecule has 0 spiro atoms. The summed E-state index contributed by atoms with van der Waals surface area (Å²) in [5.41, 5.74) is 2.38. The summed E-state index contributed by atoms with van der Waals surface area (Å²) in [5.74, 6) is 5.11. The highest BCUT2D eigenvalue weighted by molar-refractivity contribution is 7.38. The Bertz CT molecular complexity index is 1490. The topological polar surface area (TPSA) is 127 Å². The van der Waals surface area contributed by atoms with Crippen molar-refractivity contribution in [1.82, 2.24) is 15.1 Å². The van der Waals surface area contributed by atoms with Crippen LogP contribution in [0.25, 0.3) is 9.66 Å². The number of amides is 1. The van der Waals surface area contributed by atoms with Gasteiger partial charge < -0.3 is 14.4 Å². The highest BCUT2D eigenvalue weighted by Crippen LogP contribution is 2.51. The molecule has 178 valence electrons. The number of aliphatic carboxylic acids is 1. The number of carbonyl (C=O) groups is 2. The number of anilines is 1. The minimum absolute atomic E-state index is 0.179. The fraction of sp³-hybridized carbons (Fsp3) is 0.292. The number of aryl methyl sites for hydroxylation is 2. The molecule has 2 N–H and O–H groups in total. The van der Waals surface area contributed by atoms with Gasteiger partial charge in [-0.3, -0.25) is 10.1 Å². The SMILES string of the molecule is Cc1ccccc1C(C)OC(=O)Nc1c(C)noc1C#Cc1nc2nc(C3(C(=O)O)CC3)sc2s1. The average molecular weight is 509 g/mol. The van der Waals surface area contributed by atoms with Crippen molar-refractivity contribution in [1.29, 1.82) is 0 Å². The highest BCUT2D eigenvalue weighted by atomic mass is 32.2. The summed E-state index contributed by atoms with van der Waals surface area (Å²) in [7, 11) is 0. The van der Waals surface area contributed by atoms with Gasteiger partial charge in [-0.05, 0) is 56.6 Å². The number of ether oxygens (including phenoxy) is 1. The number of hydrogen-bond donors (Lipinski definition) is 2. The van der Waals surface area contributed by atoms with E-state index in [4.69, 9.17) is 9.26 Å². The largest absolute Gasteiger partial charge is 0.481 e. The van der Waals surface area contributed by atoms with E-state index in [0.717, 1.165) is 15.1 Å². The minimum atomic E-state index is -0.847. The van der Waals surface area contributed by atoms with Gasteiger partial charge in [0.05, 0.1) is 0 Å². The Hall–Kier alpha value is -3.75. The average Bonchev–Trinajstić information content (AvgIpc) is 3.25. The van der Waals surface area contributed by atoms with Crippen molar-refractivity contribution in [3.63, 3.8) is 0 Å². The van der Waals surface area contributed by atoms with E-state index in [-0.39, 0.29) is 5.76 Å². The second kappa shape index (κ2) is 8.79. The lowest BCUT2D eigenvalue weighted by molar-refractivity contribution is -0.140. The fourth-order valence-corrected chi connectivity index (χ4v) is 5.87. The summed E-state index contributed by atoms with van der Waals surface area (Å²) in [6.07, 6.45) is 0.113. The molecular weight excluding hydrogens is 488 g/mol. The molecule has 1 unspecified atom stereocenters. The zero-order chi connectivity index (χ0) is 24.7. The molecule has 35 heavy (non-hydrogen) atoms. The summed E-state index contributed by atoms with van der Waals surface area (Å²) < 4.78 is 11.6. The standard InChI is InChI=1S/C24H20N4O5S2/c1-12-6-4-5-7-15(12)14(3)32-23(31)26-18-13(2)28-33-16(18)8-9-17-25-19-20(34-17)35-21(27-19)24(10-11-24)22(29)30/h4-7,14H,10-11H2,1-3H3,(H,26,31)(H,29,30). The molecule has 1 aliphatic carbocycles. The fourth-order valence-electron chi connectivity index (χ4n) is 3.66. The summed E-state index contributed by atoms with van der Waals surface area (Å²) in [5, 5.41) is 17.1. The Morgan fingerprint density at radius 2 is 1.97 bits per heavy atom. The number of thiazole rings is 2. The second-order valence-corrected chi connectivity index (χ2v) is 10.5. The van der Waals surface area contributed by atoms with Crippen molar-refractivity contribution in [2.24, 2.45) is 0 Å². The highest BCUT2D eigenvalue weighted by Gasteiger charge is 2.54. The van der Waals surface area contributed by atoms with Gasteiger partial charge in [0.25, 0.3) is 0 Å². The number of hydrogen-bond acceptors (Lipinski definition) is 9. The van der Waals surface area contributed by atoms with Gasteiger partial charge in [-0.1, -0.05) is 40.8 Å². The van der Waals surface area contributed by atoms with Gasteiger partial charge in [0.1, 0.15) is 31.9 Å². The first-order valence-corrected chi connectivity index (χ1v) is 12.4. The molecule has 1 atom stereocenters. The molecule has 5 rings (SSSR count). The van der Waals surface area contributed by atoms with Crippen LogP contribution < -0.4 is 5.32 Å². The van der Waals surface area contributed by atoms with Gasteiger partial charge in [0.15, 0.2) is 10.7 Å². The van der Waals surface area contributed by atoms with Crippen molar-refractivity contribution < 1.29 is 24.0 Å². The number of carbonyl (C=O) groups excluding carboxylic acids is 1. The van der Waals surface area contributed by atoms with Gasteiger partial charge in [-0.2, -0.15) is 0 Å². The first-order valence-electron chi connectivity index (χ1n) is 10.8. The molecule has 3 aromatic heterocycles. The van der Waals surface area contributed by atoms with E-state index in [0.29, 0.717) is 39.9 Å². The van der Waals surface area contributed by atoms with Crippen molar-refractivity contribution in [3.8, 4) is 11.8 Å². The molecule has 0 bridgehead atoms. The number of nitrogens with one attached hydrogen (secondary N) is 1. The van der Waals surface area contributed by atoms with Crippen molar-refractivity contribution in [2.45, 2.75) is 45.1 Å². The van der Waals surface area contributed by atoms with Crippen LogP contribution in [0.4, 0.5) is 10.5 Å². The number of rotatable bonds is 5. The second-order valence-electron chi connectivity index (χ2n) is 8.29. The number of fused-ring (bicyclic) bond motifs is 1. The lowest BCUT2D eigenvalue weighted by Gasteiger charge is -2.16. The molecule has 11 heteroatoms. The lowest BCUT2D eigenvalue weighted by Crippen LogP contribution is -2.18. The molecule has 3 heterocycles. The molecule has 9 nitrogen and oxygen atoms in total. The molecule has 0 saturated heterocycles. The summed E-state index contributed by atoms with van der Waals surface area (Å²) >= 11 is 2.68. The van der Waals surface area contributed by atoms with Crippen LogP contribution in [0.2, 0.25) is 0 Å². The van der Waals surface area contributed by atoms with E-state index in [1.54, 1.807) is 13.8 Å². The molecule has 1 aliphatic rings. The van der Waals surface area contributed by atoms with E-state index in [1.165, 1.54) is 22.7 Å². The third-order valence-electron chi connectivity index (χ3n) is 5.83. The minimum Gasteiger partial charge on any atom is -0.481 e. The predicted octanol–water partition coefficient (Wildman–Crippen LogP) is 5.18. The molecule has 1 aromatic carbocycles. The Labute approximate surface area is 208 Å². The van der Waals surface area contributed by atoms with Crippen LogP contribution in [0, 0.1) is 25.7 Å². The maximum Gasteiger partial charge on any atom is 0.412 e. The summed E-state index contributed by atoms with van der Waals surface area (Å²) in [6, 6.07) is 7.70. The molecule has 1 amide bonds. The van der Waals surface area contributed by atoms with E-state index in [2.05, 4.69) is 32.3 Å². The number of benzene rings is 1. The number of carboxylic acids is 1. The number of aromatic nitrogens is 3. The number of nitrogens with zero attached hydrogens (tertiary/aromatic N) is 3. The van der Waals surface area contributed by atoms with Crippen LogP contribution in [0.5, 0.6) is 0 Å². The van der Waals surface area contributed by atoms with Crippen LogP contribution in [0.1, 0.15) is 58.5 Å². The van der Waals surface area contributed by atoms with E-state index in [1.807, 2.05) is 31.2 Å². The van der Waals surface area contributed by atoms with Crippen LogP contribution in [-0.2, 0) is 14.9 Å². The van der Waals surface area contributed by atoms with E-state index >= 15 is 0 Å². The molecule has 4 aromatic rings. The van der Waals surface area contributed by atoms with Crippen LogP contribution >= 0.6 is 22.7 Å². The third kappa shape index (κ3) is 4.38. The first kappa shape index (κ1) is 23.0. The van der Waals surface area contributed by atoms with Crippen LogP contribution in [0.3, 0.4) is 0 Å². The maximum absolute atomic E-state index is 12.5. The normalized spacial score (nSPS) is 14.7. The van der Waals surface area contributed by atoms with E-state index in [9.17, 15) is 14.7 Å². The summed E-state index contributed by atoms with van der Waals surface area (Å²) in [6.45, 7) is 5.45. The summed E-state index contributed by atoms with van der Waals surface area (Å²) in [4.78, 5) is 32.9. The van der Waals surface area contributed by atoms with Gasteiger partial charge in [0.2, 0.25) is 5.76 Å². The Morgan fingerprint density at radius 1 is 1.20 bits per heavy atom. The van der Waals surface area contributed by atoms with Crippen LogP contribution in [0.15, 0.2) is 28.8 Å². The van der Waals surface area contributed by atoms with E-state index < -0.39 is 23.6 Å². The number of carboxylic acid groups (broad SMARTS) is 1. The quantitative estimate of drug-likeness (QED) is 0.353. The Morgan fingerprint density at radius 3 is 2.66 bits per heavy atom. The zero-order valence-corrected chi connectivity index (χ0v) is 20.7. The van der Waals surface area contributed by atoms with Crippen molar-refractivity contribution >= 4 is 50.1 Å². The molecule has 0 radical (unpaired) electrons. The van der Waals surface area contributed by atoms with Gasteiger partial charge in [-0.15, -0.1) is 11.3 Å². The van der Waals surface area contributed by atoms with Gasteiger partial charge in [0, 0.05) is 0 Å². The van der Waals surface area contributed by atoms with Gasteiger partial charge >= 0.3 is 12.1 Å². The lowest BCUT2D eigenvalue weighted by atomic mass is 10.1. The monoisotopic (exact) mass is 508 g/mol. The molecule has 1 fully saturated rings. The first-order chi connectivity index (χ1) is 16.8. The predicted molar refractivity (Wildman–Crippen MR) is 131 cm³/mol. The van der Waals surface area contributed by atoms with Crippen molar-refractivity contribution in [3.05, 3.63) is 56.9 Å². The zero-order valence-electron chi connectivity index (χ0n) is 19.0. The maximum atomic E-state index is 12.5. The van der Waals surface area contributed by atoms with Gasteiger partial charge in [-0.25, -0.2) is 14.8 Å². The Kier molecular flexibility index (Phi) is 5.78. The molecule has 0 aliphatic heterocycles. The smallest absolute Gasteiger partial charge is 0.412 e. The third-order valence-corrected chi connectivity index (χ3v) is 8.13. The molecular formula is C24H20N4O5S2. The molecule has 1 saturated carbocycles.